The Balaban J connectivity index is 2.22. The highest BCUT2D eigenvalue weighted by Gasteiger charge is 2.49. The molecule has 1 heterocycles. The quantitative estimate of drug-likeness (QED) is 0.171. The smallest absolute Gasteiger partial charge is 0.315 e. The largest absolute Gasteiger partial charge is 0.379 e. The first-order valence-electron chi connectivity index (χ1n) is 15.0. The molecule has 1 unspecified atom stereocenters. The molecule has 5 amide bonds. The van der Waals surface area contributed by atoms with Gasteiger partial charge in [0.05, 0.1) is 31.1 Å². The zero-order valence-electron chi connectivity index (χ0n) is 26.1. The fourth-order valence-corrected chi connectivity index (χ4v) is 7.49. The van der Waals surface area contributed by atoms with Crippen LogP contribution in [0.25, 0.3) is 0 Å². The first kappa shape index (κ1) is 36.2. The van der Waals surface area contributed by atoms with Crippen molar-refractivity contribution in [3.63, 3.8) is 0 Å². The van der Waals surface area contributed by atoms with Crippen LogP contribution in [0.2, 0.25) is 0 Å². The molecule has 0 radical (unpaired) electrons. The van der Waals surface area contributed by atoms with Gasteiger partial charge in [-0.15, -0.1) is 6.58 Å². The molecule has 3 atom stereocenters. The summed E-state index contributed by atoms with van der Waals surface area (Å²) < 4.78 is 31.6. The summed E-state index contributed by atoms with van der Waals surface area (Å²) in [6, 6.07) is -2.75. The van der Waals surface area contributed by atoms with Crippen molar-refractivity contribution in [2.45, 2.75) is 96.0 Å². The Labute approximate surface area is 255 Å². The number of hydrogen-bond acceptors (Lipinski definition) is 8. The summed E-state index contributed by atoms with van der Waals surface area (Å²) in [4.78, 5) is 65.7. The highest BCUT2D eigenvalue weighted by Crippen LogP contribution is 2.36. The molecular formula is C29H49N5O8S. The van der Waals surface area contributed by atoms with E-state index in [-0.39, 0.29) is 32.1 Å². The van der Waals surface area contributed by atoms with Crippen LogP contribution < -0.4 is 21.3 Å². The van der Waals surface area contributed by atoms with Crippen LogP contribution >= 0.6 is 0 Å². The molecule has 1 aliphatic carbocycles. The zero-order chi connectivity index (χ0) is 32.4. The topological polar surface area (TPSA) is 180 Å². The number of amides is 5. The highest BCUT2D eigenvalue weighted by atomic mass is 32.2. The van der Waals surface area contributed by atoms with E-state index in [1.165, 1.54) is 17.9 Å². The summed E-state index contributed by atoms with van der Waals surface area (Å²) in [5.41, 5.74) is -1.80. The minimum absolute atomic E-state index is 0.000431. The SMILES string of the molecule is C=CCNC(=O)C(=O)CNC(=O)[C@H](C)N(CCC)C(=O)[C@@H](NC(=O)NC1(C2COCCS2(=O)=O)CCCCC1)C(C)(C)C. The summed E-state index contributed by atoms with van der Waals surface area (Å²) in [5.74, 6) is -2.95. The molecule has 0 aromatic carbocycles. The number of ether oxygens (including phenoxy) is 1. The van der Waals surface area contributed by atoms with Gasteiger partial charge in [0.1, 0.15) is 17.3 Å². The minimum Gasteiger partial charge on any atom is -0.379 e. The van der Waals surface area contributed by atoms with Gasteiger partial charge in [-0.3, -0.25) is 19.2 Å². The Morgan fingerprint density at radius 2 is 1.74 bits per heavy atom. The second-order valence-corrected chi connectivity index (χ2v) is 14.7. The highest BCUT2D eigenvalue weighted by molar-refractivity contribution is 7.92. The molecule has 4 N–H and O–H groups in total. The van der Waals surface area contributed by atoms with E-state index in [0.29, 0.717) is 19.3 Å². The molecule has 1 aliphatic heterocycles. The molecule has 1 saturated heterocycles. The van der Waals surface area contributed by atoms with Crippen LogP contribution in [0.5, 0.6) is 0 Å². The maximum Gasteiger partial charge on any atom is 0.315 e. The normalized spacial score (nSPS) is 20.9. The molecule has 244 valence electrons. The second-order valence-electron chi connectivity index (χ2n) is 12.4. The summed E-state index contributed by atoms with van der Waals surface area (Å²) in [6.07, 6.45) is 5.32. The third-order valence-corrected chi connectivity index (χ3v) is 10.2. The number of rotatable bonds is 13. The third kappa shape index (κ3) is 9.75. The van der Waals surface area contributed by atoms with Gasteiger partial charge in [-0.25, -0.2) is 13.2 Å². The Morgan fingerprint density at radius 3 is 2.30 bits per heavy atom. The van der Waals surface area contributed by atoms with Crippen LogP contribution in [-0.2, 0) is 33.8 Å². The monoisotopic (exact) mass is 627 g/mol. The van der Waals surface area contributed by atoms with Crippen LogP contribution in [-0.4, -0.2) is 104 Å². The van der Waals surface area contributed by atoms with Crippen LogP contribution in [0.4, 0.5) is 4.79 Å². The molecule has 0 spiro atoms. The first-order valence-corrected chi connectivity index (χ1v) is 16.7. The molecule has 14 heteroatoms. The minimum atomic E-state index is -3.50. The second kappa shape index (κ2) is 15.6. The molecular weight excluding hydrogens is 578 g/mol. The van der Waals surface area contributed by atoms with Crippen molar-refractivity contribution in [2.24, 2.45) is 5.41 Å². The van der Waals surface area contributed by atoms with Crippen molar-refractivity contribution in [2.75, 3.05) is 38.6 Å². The molecule has 0 bridgehead atoms. The van der Waals surface area contributed by atoms with Crippen LogP contribution in [0, 0.1) is 5.41 Å². The van der Waals surface area contributed by atoms with Gasteiger partial charge >= 0.3 is 6.03 Å². The van der Waals surface area contributed by atoms with Gasteiger partial charge in [0.2, 0.25) is 17.6 Å². The number of hydrogen-bond donors (Lipinski definition) is 4. The fraction of sp³-hybridized carbons (Fsp3) is 0.759. The third-order valence-electron chi connectivity index (χ3n) is 8.01. The lowest BCUT2D eigenvalue weighted by Gasteiger charge is -2.45. The van der Waals surface area contributed by atoms with Crippen molar-refractivity contribution in [1.29, 1.82) is 0 Å². The number of Topliss-reactive ketones (excluding diaryl/α,β-unsaturated/α-hetero) is 1. The van der Waals surface area contributed by atoms with Gasteiger partial charge in [0.15, 0.2) is 9.84 Å². The van der Waals surface area contributed by atoms with Crippen LogP contribution in [0.15, 0.2) is 12.7 Å². The lowest BCUT2D eigenvalue weighted by Crippen LogP contribution is -2.67. The molecule has 2 fully saturated rings. The average molecular weight is 628 g/mol. The lowest BCUT2D eigenvalue weighted by molar-refractivity contribution is -0.144. The molecule has 43 heavy (non-hydrogen) atoms. The summed E-state index contributed by atoms with van der Waals surface area (Å²) in [6.45, 7) is 12.0. The maximum atomic E-state index is 13.9. The zero-order valence-corrected chi connectivity index (χ0v) is 26.9. The van der Waals surface area contributed by atoms with E-state index in [0.717, 1.165) is 19.3 Å². The maximum absolute atomic E-state index is 13.9. The van der Waals surface area contributed by atoms with E-state index >= 15 is 0 Å². The Hall–Kier alpha value is -3.00. The fourth-order valence-electron chi connectivity index (χ4n) is 5.57. The Kier molecular flexibility index (Phi) is 13.2. The number of nitrogens with zero attached hydrogens (tertiary/aromatic N) is 1. The number of carbonyl (C=O) groups excluding carboxylic acids is 5. The van der Waals surface area contributed by atoms with Crippen molar-refractivity contribution in [1.82, 2.24) is 26.2 Å². The van der Waals surface area contributed by atoms with Crippen molar-refractivity contribution in [3.8, 4) is 0 Å². The first-order chi connectivity index (χ1) is 20.1. The number of carbonyl (C=O) groups is 5. The van der Waals surface area contributed by atoms with Crippen molar-refractivity contribution >= 4 is 39.4 Å². The average Bonchev–Trinajstić information content (AvgIpc) is 2.94. The van der Waals surface area contributed by atoms with Gasteiger partial charge in [-0.05, 0) is 31.6 Å². The number of urea groups is 1. The van der Waals surface area contributed by atoms with E-state index in [9.17, 15) is 32.4 Å². The molecule has 2 aliphatic rings. The van der Waals surface area contributed by atoms with E-state index in [4.69, 9.17) is 4.74 Å². The summed E-state index contributed by atoms with van der Waals surface area (Å²) in [7, 11) is -3.50. The van der Waals surface area contributed by atoms with E-state index in [1.807, 2.05) is 6.92 Å². The van der Waals surface area contributed by atoms with Crippen LogP contribution in [0.1, 0.15) is 73.1 Å². The Morgan fingerprint density at radius 1 is 1.09 bits per heavy atom. The van der Waals surface area contributed by atoms with Gasteiger partial charge in [-0.1, -0.05) is 53.0 Å². The standard InChI is InChI=1S/C29H49N5O8S/c1-7-14-30-25(37)21(35)18-31-24(36)20(3)34(15-8-2)26(38)23(28(4,5)6)32-27(39)33-29(12-10-9-11-13-29)22-19-42-16-17-43(22,40)41/h7,20,22-23H,1,8-19H2,2-6H3,(H,30,37)(H,31,36)(H2,32,33,39)/t20-,22?,23+/m0/s1. The Bertz CT molecular complexity index is 1140. The van der Waals surface area contributed by atoms with E-state index in [1.54, 1.807) is 20.8 Å². The van der Waals surface area contributed by atoms with E-state index in [2.05, 4.69) is 27.8 Å². The number of nitrogens with one attached hydrogen (secondary N) is 4. The number of ketones is 1. The van der Waals surface area contributed by atoms with E-state index < -0.39 is 74.2 Å². The molecule has 13 nitrogen and oxygen atoms in total. The van der Waals surface area contributed by atoms with Crippen molar-refractivity contribution < 1.29 is 37.1 Å². The van der Waals surface area contributed by atoms with Gasteiger partial charge < -0.3 is 30.9 Å². The lowest BCUT2D eigenvalue weighted by atomic mass is 9.79. The van der Waals surface area contributed by atoms with Crippen LogP contribution in [0.3, 0.4) is 0 Å². The van der Waals surface area contributed by atoms with Crippen molar-refractivity contribution in [3.05, 3.63) is 12.7 Å². The molecule has 0 aromatic rings. The predicted molar refractivity (Wildman–Crippen MR) is 162 cm³/mol. The van der Waals surface area contributed by atoms with Gasteiger partial charge in [0.25, 0.3) is 5.91 Å². The summed E-state index contributed by atoms with van der Waals surface area (Å²) in [5, 5.41) is 9.62. The number of sulfone groups is 1. The predicted octanol–water partition coefficient (Wildman–Crippen LogP) is 0.831. The molecule has 1 saturated carbocycles. The molecule has 2 rings (SSSR count). The van der Waals surface area contributed by atoms with Gasteiger partial charge in [-0.2, -0.15) is 0 Å². The van der Waals surface area contributed by atoms with Gasteiger partial charge in [0, 0.05) is 13.1 Å². The summed E-state index contributed by atoms with van der Waals surface area (Å²) >= 11 is 0. The molecule has 0 aromatic heterocycles.